The average molecular weight is 426 g/mol. The fourth-order valence-corrected chi connectivity index (χ4v) is 4.95. The lowest BCUT2D eigenvalue weighted by Gasteiger charge is -2.32. The lowest BCUT2D eigenvalue weighted by Crippen LogP contribution is -2.37. The van der Waals surface area contributed by atoms with Gasteiger partial charge in [0.2, 0.25) is 0 Å². The summed E-state index contributed by atoms with van der Waals surface area (Å²) in [5.41, 5.74) is 4.17. The summed E-state index contributed by atoms with van der Waals surface area (Å²) in [7, 11) is 0. The monoisotopic (exact) mass is 425 g/mol. The zero-order valence-corrected chi connectivity index (χ0v) is 19.6. The molecule has 170 valence electrons. The third-order valence-corrected chi connectivity index (χ3v) is 6.77. The average Bonchev–Trinajstić information content (AvgIpc) is 2.74. The number of carbonyl (C=O) groups excluding carboxylic acids is 1. The molecule has 1 aliphatic heterocycles. The molecule has 1 fully saturated rings. The van der Waals surface area contributed by atoms with E-state index in [1.165, 1.54) is 5.57 Å². The number of aromatic hydroxyl groups is 1. The van der Waals surface area contributed by atoms with Crippen molar-refractivity contribution in [2.75, 3.05) is 13.1 Å². The van der Waals surface area contributed by atoms with Gasteiger partial charge in [-0.05, 0) is 82.4 Å². The van der Waals surface area contributed by atoms with Crippen LogP contribution in [0.4, 0.5) is 4.79 Å². The summed E-state index contributed by atoms with van der Waals surface area (Å²) in [5, 5.41) is 11.1. The first kappa shape index (κ1) is 23.4. The maximum atomic E-state index is 13.0. The minimum absolute atomic E-state index is 0.0277. The van der Waals surface area contributed by atoms with Gasteiger partial charge < -0.3 is 14.7 Å². The van der Waals surface area contributed by atoms with Gasteiger partial charge in [0.05, 0.1) is 0 Å². The van der Waals surface area contributed by atoms with Crippen molar-refractivity contribution < 1.29 is 14.6 Å². The Morgan fingerprint density at radius 2 is 1.97 bits per heavy atom. The first-order valence-corrected chi connectivity index (χ1v) is 12.1. The van der Waals surface area contributed by atoms with Gasteiger partial charge in [0.15, 0.2) is 0 Å². The normalized spacial score (nSPS) is 21.5. The zero-order chi connectivity index (χ0) is 22.4. The largest absolute Gasteiger partial charge is 0.507 e. The second kappa shape index (κ2) is 10.9. The van der Waals surface area contributed by atoms with Crippen LogP contribution in [0.2, 0.25) is 0 Å². The van der Waals surface area contributed by atoms with Crippen molar-refractivity contribution in [3.8, 4) is 11.5 Å². The predicted molar refractivity (Wildman–Crippen MR) is 127 cm³/mol. The summed E-state index contributed by atoms with van der Waals surface area (Å²) in [4.78, 5) is 14.8. The van der Waals surface area contributed by atoms with E-state index in [4.69, 9.17) is 4.74 Å². The summed E-state index contributed by atoms with van der Waals surface area (Å²) in [6, 6.07) is 3.86. The summed E-state index contributed by atoms with van der Waals surface area (Å²) in [6.07, 6.45) is 11.4. The van der Waals surface area contributed by atoms with Crippen LogP contribution in [-0.2, 0) is 6.42 Å². The molecule has 0 aromatic heterocycles. The maximum Gasteiger partial charge on any atom is 0.415 e. The Hall–Kier alpha value is -2.23. The highest BCUT2D eigenvalue weighted by Crippen LogP contribution is 2.47. The number of likely N-dealkylation sites (tertiary alicyclic amines) is 1. The van der Waals surface area contributed by atoms with E-state index in [0.29, 0.717) is 5.75 Å². The number of piperidine rings is 1. The predicted octanol–water partition coefficient (Wildman–Crippen LogP) is 7.13. The van der Waals surface area contributed by atoms with E-state index in [0.717, 1.165) is 87.6 Å². The molecule has 3 rings (SSSR count). The highest BCUT2D eigenvalue weighted by Gasteiger charge is 2.32. The van der Waals surface area contributed by atoms with E-state index < -0.39 is 0 Å². The highest BCUT2D eigenvalue weighted by atomic mass is 16.6. The molecule has 1 N–H and O–H groups in total. The number of unbranched alkanes of at least 4 members (excludes halogenated alkanes) is 2. The number of phenolic OH excluding ortho intramolecular Hbond substituents is 1. The van der Waals surface area contributed by atoms with Crippen LogP contribution in [0.15, 0.2) is 35.9 Å². The van der Waals surface area contributed by atoms with Crippen molar-refractivity contribution in [2.24, 2.45) is 5.92 Å². The Morgan fingerprint density at radius 3 is 2.65 bits per heavy atom. The number of rotatable bonds is 7. The Bertz CT molecular complexity index is 820. The highest BCUT2D eigenvalue weighted by molar-refractivity contribution is 5.72. The number of hydrogen-bond donors (Lipinski definition) is 1. The second-order valence-corrected chi connectivity index (χ2v) is 9.43. The van der Waals surface area contributed by atoms with E-state index in [-0.39, 0.29) is 23.7 Å². The van der Waals surface area contributed by atoms with Crippen LogP contribution in [0.5, 0.6) is 11.5 Å². The van der Waals surface area contributed by atoms with Crippen molar-refractivity contribution in [1.29, 1.82) is 0 Å². The molecule has 1 heterocycles. The minimum Gasteiger partial charge on any atom is -0.507 e. The second-order valence-electron chi connectivity index (χ2n) is 9.43. The first-order valence-electron chi connectivity index (χ1n) is 12.1. The summed E-state index contributed by atoms with van der Waals surface area (Å²) >= 11 is 0. The van der Waals surface area contributed by atoms with Gasteiger partial charge in [0.1, 0.15) is 11.5 Å². The molecule has 1 aromatic rings. The lowest BCUT2D eigenvalue weighted by molar-refractivity contribution is 0.142. The molecule has 2 atom stereocenters. The van der Waals surface area contributed by atoms with Gasteiger partial charge >= 0.3 is 6.09 Å². The molecular formula is C27H39NO3. The molecule has 0 bridgehead atoms. The van der Waals surface area contributed by atoms with Gasteiger partial charge in [-0.3, -0.25) is 0 Å². The third-order valence-electron chi connectivity index (χ3n) is 6.77. The lowest BCUT2D eigenvalue weighted by atomic mass is 9.73. The first-order chi connectivity index (χ1) is 14.9. The van der Waals surface area contributed by atoms with Gasteiger partial charge in [-0.25, -0.2) is 4.79 Å². The van der Waals surface area contributed by atoms with Gasteiger partial charge in [0.25, 0.3) is 0 Å². The molecule has 1 saturated heterocycles. The Kier molecular flexibility index (Phi) is 8.22. The SMILES string of the molecule is C=C(C)C1CCC(C)=C[C@@H]1c1c(O)cc(CCCCC)cc1OC(=O)N1CCCCC1. The van der Waals surface area contributed by atoms with Crippen molar-refractivity contribution in [3.05, 3.63) is 47.1 Å². The summed E-state index contributed by atoms with van der Waals surface area (Å²) in [5.74, 6) is 0.954. The van der Waals surface area contributed by atoms with Crippen molar-refractivity contribution >= 4 is 6.09 Å². The van der Waals surface area contributed by atoms with E-state index in [9.17, 15) is 9.90 Å². The number of ether oxygens (including phenoxy) is 1. The van der Waals surface area contributed by atoms with Crippen LogP contribution >= 0.6 is 0 Å². The van der Waals surface area contributed by atoms with Crippen molar-refractivity contribution in [1.82, 2.24) is 4.90 Å². The number of amides is 1. The van der Waals surface area contributed by atoms with Crippen molar-refractivity contribution in [3.63, 3.8) is 0 Å². The van der Waals surface area contributed by atoms with Gasteiger partial charge in [-0.15, -0.1) is 0 Å². The van der Waals surface area contributed by atoms with Crippen LogP contribution in [-0.4, -0.2) is 29.2 Å². The molecule has 4 nitrogen and oxygen atoms in total. The molecule has 1 aromatic carbocycles. The molecule has 0 radical (unpaired) electrons. The van der Waals surface area contributed by atoms with Crippen LogP contribution < -0.4 is 4.74 Å². The molecule has 1 amide bonds. The zero-order valence-electron chi connectivity index (χ0n) is 19.6. The van der Waals surface area contributed by atoms with Gasteiger partial charge in [0, 0.05) is 24.6 Å². The number of nitrogens with zero attached hydrogens (tertiary/aromatic N) is 1. The fraction of sp³-hybridized carbons (Fsp3) is 0.593. The fourth-order valence-electron chi connectivity index (χ4n) is 4.95. The Labute approximate surface area is 188 Å². The molecule has 0 saturated carbocycles. The molecule has 2 aliphatic rings. The van der Waals surface area contributed by atoms with Crippen LogP contribution in [0.1, 0.15) is 89.2 Å². The number of benzene rings is 1. The molecular weight excluding hydrogens is 386 g/mol. The van der Waals surface area contributed by atoms with E-state index in [1.807, 2.05) is 12.1 Å². The third kappa shape index (κ3) is 5.93. The van der Waals surface area contributed by atoms with E-state index in [2.05, 4.69) is 33.4 Å². The van der Waals surface area contributed by atoms with Crippen LogP contribution in [0, 0.1) is 5.92 Å². The Morgan fingerprint density at radius 1 is 1.23 bits per heavy atom. The number of carbonyl (C=O) groups is 1. The Balaban J connectivity index is 1.98. The maximum absolute atomic E-state index is 13.0. The molecule has 1 aliphatic carbocycles. The summed E-state index contributed by atoms with van der Waals surface area (Å²) < 4.78 is 6.00. The van der Waals surface area contributed by atoms with Gasteiger partial charge in [-0.1, -0.05) is 43.6 Å². The van der Waals surface area contributed by atoms with Gasteiger partial charge in [-0.2, -0.15) is 0 Å². The molecule has 1 unspecified atom stereocenters. The summed E-state index contributed by atoms with van der Waals surface area (Å²) in [6.45, 7) is 12.1. The topological polar surface area (TPSA) is 49.8 Å². The molecule has 31 heavy (non-hydrogen) atoms. The van der Waals surface area contributed by atoms with Crippen LogP contribution in [0.25, 0.3) is 0 Å². The quantitative estimate of drug-likeness (QED) is 0.373. The standard InChI is InChI=1S/C27H39NO3/c1-5-6-8-11-21-17-24(29)26(23-16-20(4)12-13-22(23)19(2)3)25(18-21)31-27(30)28-14-9-7-10-15-28/h16-18,22-23,29H,2,5-15H2,1,3-4H3/t22?,23-/m0/s1. The minimum atomic E-state index is -0.297. The molecule has 4 heteroatoms. The van der Waals surface area contributed by atoms with E-state index >= 15 is 0 Å². The number of phenols is 1. The van der Waals surface area contributed by atoms with E-state index in [1.54, 1.807) is 4.90 Å². The molecule has 0 spiro atoms. The van der Waals surface area contributed by atoms with Crippen LogP contribution in [0.3, 0.4) is 0 Å². The number of allylic oxidation sites excluding steroid dienone is 3. The smallest absolute Gasteiger partial charge is 0.415 e. The van der Waals surface area contributed by atoms with Crippen molar-refractivity contribution in [2.45, 2.75) is 84.5 Å². The number of aryl methyl sites for hydroxylation is 1. The number of hydrogen-bond acceptors (Lipinski definition) is 3.